The van der Waals surface area contributed by atoms with Crippen LogP contribution < -0.4 is 15.4 Å². The summed E-state index contributed by atoms with van der Waals surface area (Å²) in [6.45, 7) is 5.26. The first-order chi connectivity index (χ1) is 23.9. The lowest BCUT2D eigenvalue weighted by atomic mass is 9.88. The van der Waals surface area contributed by atoms with Crippen molar-refractivity contribution >= 4 is 11.8 Å². The summed E-state index contributed by atoms with van der Waals surface area (Å²) in [6.07, 6.45) is 0.501. The molecule has 2 aliphatic heterocycles. The summed E-state index contributed by atoms with van der Waals surface area (Å²) >= 11 is 0. The third kappa shape index (κ3) is 9.67. The molecule has 3 aliphatic rings. The van der Waals surface area contributed by atoms with Crippen LogP contribution in [-0.2, 0) is 38.3 Å². The second kappa shape index (κ2) is 17.2. The van der Waals surface area contributed by atoms with E-state index in [0.717, 1.165) is 67.3 Å². The normalized spacial score (nSPS) is 22.5. The van der Waals surface area contributed by atoms with Crippen molar-refractivity contribution < 1.29 is 34.0 Å². The van der Waals surface area contributed by atoms with Crippen molar-refractivity contribution in [2.24, 2.45) is 5.92 Å². The molecule has 6 atom stereocenters. The fraction of sp³-hybridized carbons (Fsp3) is 0.487. The molecule has 2 saturated heterocycles. The highest BCUT2D eigenvalue weighted by molar-refractivity contribution is 5.81. The second-order valence-corrected chi connectivity index (χ2v) is 13.4. The Balaban J connectivity index is 1.16. The number of hydrogen-bond donors (Lipinski definition) is 4. The van der Waals surface area contributed by atoms with Gasteiger partial charge in [-0.1, -0.05) is 66.7 Å². The van der Waals surface area contributed by atoms with Gasteiger partial charge in [0.05, 0.1) is 37.5 Å². The van der Waals surface area contributed by atoms with Gasteiger partial charge in [0.2, 0.25) is 11.8 Å². The average Bonchev–Trinajstić information content (AvgIpc) is 3.78. The number of aliphatic hydroxyl groups excluding tert-OH is 2. The van der Waals surface area contributed by atoms with Gasteiger partial charge in [-0.05, 0) is 66.5 Å². The molecule has 262 valence electrons. The molecule has 3 aromatic carbocycles. The first-order valence-electron chi connectivity index (χ1n) is 17.6. The van der Waals surface area contributed by atoms with Crippen LogP contribution in [0, 0.1) is 5.92 Å². The van der Waals surface area contributed by atoms with Crippen LogP contribution in [0.15, 0.2) is 78.9 Å². The number of morpholine rings is 1. The van der Waals surface area contributed by atoms with E-state index in [1.165, 1.54) is 0 Å². The molecule has 0 bridgehead atoms. The number of amides is 2. The zero-order valence-corrected chi connectivity index (χ0v) is 28.0. The lowest BCUT2D eigenvalue weighted by Gasteiger charge is -2.29. The van der Waals surface area contributed by atoms with Crippen molar-refractivity contribution in [3.05, 3.63) is 101 Å². The lowest BCUT2D eigenvalue weighted by Crippen LogP contribution is -2.50. The molecular formula is C39H49N3O7. The Morgan fingerprint density at radius 3 is 2.41 bits per heavy atom. The maximum Gasteiger partial charge on any atom is 0.249 e. The van der Waals surface area contributed by atoms with Crippen LogP contribution in [0.2, 0.25) is 0 Å². The summed E-state index contributed by atoms with van der Waals surface area (Å²) in [5.41, 5.74) is 3.81. The van der Waals surface area contributed by atoms with Crippen LogP contribution in [0.4, 0.5) is 0 Å². The van der Waals surface area contributed by atoms with Crippen molar-refractivity contribution in [1.82, 2.24) is 15.5 Å². The van der Waals surface area contributed by atoms with Crippen molar-refractivity contribution in [1.29, 1.82) is 0 Å². The van der Waals surface area contributed by atoms with E-state index in [1.807, 2.05) is 78.9 Å². The highest BCUT2D eigenvalue weighted by atomic mass is 16.5. The maximum atomic E-state index is 14.1. The minimum atomic E-state index is -1.02. The standard InChI is InChI=1S/C39H49N3O7/c43-34(33(24-27-7-2-1-3-8-27)40-39(46)36-11-6-19-49-36)26-30(38(45)41-37-32-10-5-4-9-29(32)25-35(37)44)23-28-12-14-31(15-13-28)48-22-18-42-16-20-47-21-17-42/h1-5,7-10,12-15,30,33-37,43-44H,6,11,16-26H2,(H,40,46)(H,41,45)/t30-,33+,34+,35-,36-,37+/m1/s1. The average molecular weight is 672 g/mol. The summed E-state index contributed by atoms with van der Waals surface area (Å²) in [4.78, 5) is 29.6. The number of rotatable bonds is 15. The number of nitrogens with zero attached hydrogens (tertiary/aromatic N) is 1. The van der Waals surface area contributed by atoms with E-state index in [2.05, 4.69) is 15.5 Å². The van der Waals surface area contributed by atoms with E-state index >= 15 is 0 Å². The molecule has 0 radical (unpaired) electrons. The number of benzene rings is 3. The van der Waals surface area contributed by atoms with E-state index in [4.69, 9.17) is 14.2 Å². The summed E-state index contributed by atoms with van der Waals surface area (Å²) < 4.78 is 17.0. The van der Waals surface area contributed by atoms with E-state index in [1.54, 1.807) is 0 Å². The molecule has 10 nitrogen and oxygen atoms in total. The van der Waals surface area contributed by atoms with Gasteiger partial charge >= 0.3 is 0 Å². The molecule has 2 amide bonds. The van der Waals surface area contributed by atoms with Gasteiger partial charge in [-0.3, -0.25) is 14.5 Å². The molecule has 4 N–H and O–H groups in total. The number of carbonyl (C=O) groups is 2. The smallest absolute Gasteiger partial charge is 0.249 e. The molecule has 49 heavy (non-hydrogen) atoms. The zero-order valence-electron chi connectivity index (χ0n) is 28.0. The lowest BCUT2D eigenvalue weighted by molar-refractivity contribution is -0.132. The highest BCUT2D eigenvalue weighted by Crippen LogP contribution is 2.32. The summed E-state index contributed by atoms with van der Waals surface area (Å²) in [5.74, 6) is -0.382. The van der Waals surface area contributed by atoms with Crippen LogP contribution in [-0.4, -0.2) is 97.3 Å². The third-order valence-electron chi connectivity index (χ3n) is 9.90. The van der Waals surface area contributed by atoms with Gasteiger partial charge in [0, 0.05) is 38.6 Å². The Hall–Kier alpha value is -3.80. The van der Waals surface area contributed by atoms with Crippen molar-refractivity contribution in [3.63, 3.8) is 0 Å². The van der Waals surface area contributed by atoms with Crippen molar-refractivity contribution in [3.8, 4) is 5.75 Å². The van der Waals surface area contributed by atoms with E-state index in [-0.39, 0.29) is 18.2 Å². The van der Waals surface area contributed by atoms with E-state index in [9.17, 15) is 19.8 Å². The van der Waals surface area contributed by atoms with E-state index < -0.39 is 36.3 Å². The van der Waals surface area contributed by atoms with Gasteiger partial charge in [-0.2, -0.15) is 0 Å². The van der Waals surface area contributed by atoms with Crippen LogP contribution in [0.3, 0.4) is 0 Å². The second-order valence-electron chi connectivity index (χ2n) is 13.4. The topological polar surface area (TPSA) is 130 Å². The first kappa shape index (κ1) is 35.0. The van der Waals surface area contributed by atoms with Gasteiger partial charge in [0.15, 0.2) is 0 Å². The van der Waals surface area contributed by atoms with Gasteiger partial charge < -0.3 is 35.1 Å². The van der Waals surface area contributed by atoms with Crippen molar-refractivity contribution in [2.75, 3.05) is 46.1 Å². The highest BCUT2D eigenvalue weighted by Gasteiger charge is 2.36. The van der Waals surface area contributed by atoms with Crippen LogP contribution in [0.5, 0.6) is 5.75 Å². The fourth-order valence-corrected chi connectivity index (χ4v) is 7.09. The minimum Gasteiger partial charge on any atom is -0.492 e. The molecule has 0 saturated carbocycles. The minimum absolute atomic E-state index is 0.109. The van der Waals surface area contributed by atoms with Crippen LogP contribution in [0.25, 0.3) is 0 Å². The summed E-state index contributed by atoms with van der Waals surface area (Å²) in [6, 6.07) is 24.0. The van der Waals surface area contributed by atoms with Gasteiger partial charge in [0.1, 0.15) is 18.5 Å². The number of nitrogens with one attached hydrogen (secondary N) is 2. The van der Waals surface area contributed by atoms with Gasteiger partial charge in [-0.15, -0.1) is 0 Å². The molecule has 3 aromatic rings. The Bertz CT molecular complexity index is 1490. The van der Waals surface area contributed by atoms with E-state index in [0.29, 0.717) is 38.9 Å². The number of aliphatic hydroxyl groups is 2. The molecule has 1 aliphatic carbocycles. The molecule has 2 heterocycles. The largest absolute Gasteiger partial charge is 0.492 e. The molecule has 0 aromatic heterocycles. The molecule has 10 heteroatoms. The predicted octanol–water partition coefficient (Wildman–Crippen LogP) is 2.99. The van der Waals surface area contributed by atoms with Crippen molar-refractivity contribution in [2.45, 2.75) is 68.9 Å². The molecule has 6 rings (SSSR count). The molecular weight excluding hydrogens is 622 g/mol. The number of hydrogen-bond acceptors (Lipinski definition) is 8. The summed E-state index contributed by atoms with van der Waals surface area (Å²) in [7, 11) is 0. The zero-order chi connectivity index (χ0) is 34.0. The SMILES string of the molecule is O=C(N[C@H]1c2ccccc2C[C@H]1O)[C@H](Cc1ccc(OCCN2CCOCC2)cc1)C[C@H](O)[C@H](Cc1ccccc1)NC(=O)[C@H]1CCCO1. The van der Waals surface area contributed by atoms with Crippen LogP contribution in [0.1, 0.15) is 47.6 Å². The Morgan fingerprint density at radius 1 is 0.918 bits per heavy atom. The monoisotopic (exact) mass is 671 g/mol. The van der Waals surface area contributed by atoms with Gasteiger partial charge in [-0.25, -0.2) is 0 Å². The summed E-state index contributed by atoms with van der Waals surface area (Å²) in [5, 5.41) is 28.8. The maximum absolute atomic E-state index is 14.1. The predicted molar refractivity (Wildman–Crippen MR) is 185 cm³/mol. The molecule has 0 unspecified atom stereocenters. The Labute approximate surface area is 288 Å². The number of fused-ring (bicyclic) bond motifs is 1. The first-order valence-corrected chi connectivity index (χ1v) is 17.6. The fourth-order valence-electron chi connectivity index (χ4n) is 7.09. The third-order valence-corrected chi connectivity index (χ3v) is 9.90. The number of carbonyl (C=O) groups excluding carboxylic acids is 2. The number of ether oxygens (including phenoxy) is 3. The Kier molecular flexibility index (Phi) is 12.3. The quantitative estimate of drug-likeness (QED) is 0.194. The molecule has 0 spiro atoms. The van der Waals surface area contributed by atoms with Gasteiger partial charge in [0.25, 0.3) is 0 Å². The van der Waals surface area contributed by atoms with Crippen LogP contribution >= 0.6 is 0 Å². The molecule has 2 fully saturated rings. The Morgan fingerprint density at radius 2 is 1.65 bits per heavy atom.